The van der Waals surface area contributed by atoms with Gasteiger partial charge in [0.2, 0.25) is 0 Å². The topological polar surface area (TPSA) is 15.7 Å². The monoisotopic (exact) mass is 256 g/mol. The summed E-state index contributed by atoms with van der Waals surface area (Å²) in [7, 11) is 3.89. The van der Waals surface area contributed by atoms with Gasteiger partial charge in [-0.2, -0.15) is 0 Å². The summed E-state index contributed by atoms with van der Waals surface area (Å²) in [5, 5.41) is 0. The van der Waals surface area contributed by atoms with Crippen molar-refractivity contribution >= 4 is 0 Å². The van der Waals surface area contributed by atoms with Crippen LogP contribution in [-0.4, -0.2) is 30.6 Å². The van der Waals surface area contributed by atoms with Crippen LogP contribution in [-0.2, 0) is 6.54 Å². The Morgan fingerprint density at radius 2 is 2.00 bits per heavy atom. The van der Waals surface area contributed by atoms with Gasteiger partial charge in [-0.25, -0.2) is 0 Å². The molecule has 3 rings (SSSR count). The average molecular weight is 256 g/mol. The molecule has 0 spiro atoms. The van der Waals surface area contributed by atoms with Crippen molar-refractivity contribution in [1.29, 1.82) is 0 Å². The lowest BCUT2D eigenvalue weighted by Crippen LogP contribution is -2.24. The molecule has 1 aromatic carbocycles. The number of rotatable bonds is 3. The number of ether oxygens (including phenoxy) is 1. The number of benzene rings is 1. The molecule has 1 aromatic rings. The van der Waals surface area contributed by atoms with E-state index in [1.807, 2.05) is 12.1 Å². The van der Waals surface area contributed by atoms with Crippen molar-refractivity contribution in [3.63, 3.8) is 0 Å². The summed E-state index contributed by atoms with van der Waals surface area (Å²) in [6.45, 7) is 1.94. The number of nitrogens with zero attached hydrogens (tertiary/aromatic N) is 2. The van der Waals surface area contributed by atoms with E-state index >= 15 is 0 Å². The molecule has 2 aliphatic rings. The van der Waals surface area contributed by atoms with E-state index in [-0.39, 0.29) is 0 Å². The fourth-order valence-electron chi connectivity index (χ4n) is 2.82. The SMILES string of the molecule is COc1ccc(CN2CN(C)C3=C2C=CCC3)cc1. The molecule has 100 valence electrons. The van der Waals surface area contributed by atoms with Crippen molar-refractivity contribution < 1.29 is 4.74 Å². The zero-order valence-corrected chi connectivity index (χ0v) is 11.6. The molecule has 0 unspecified atom stereocenters. The molecule has 1 aliphatic carbocycles. The molecule has 1 aliphatic heterocycles. The maximum atomic E-state index is 5.20. The predicted molar refractivity (Wildman–Crippen MR) is 76.6 cm³/mol. The van der Waals surface area contributed by atoms with E-state index in [1.54, 1.807) is 7.11 Å². The van der Waals surface area contributed by atoms with Crippen molar-refractivity contribution in [2.24, 2.45) is 0 Å². The zero-order chi connectivity index (χ0) is 13.2. The number of hydrogen-bond acceptors (Lipinski definition) is 3. The van der Waals surface area contributed by atoms with Gasteiger partial charge in [0.05, 0.1) is 19.5 Å². The lowest BCUT2D eigenvalue weighted by atomic mass is 10.1. The second kappa shape index (κ2) is 5.00. The van der Waals surface area contributed by atoms with Crippen LogP contribution in [0.3, 0.4) is 0 Å². The highest BCUT2D eigenvalue weighted by atomic mass is 16.5. The van der Waals surface area contributed by atoms with Gasteiger partial charge < -0.3 is 14.5 Å². The molecule has 0 radical (unpaired) electrons. The van der Waals surface area contributed by atoms with Gasteiger partial charge in [-0.3, -0.25) is 0 Å². The standard InChI is InChI=1S/C16H20N2O/c1-17-12-18(16-6-4-3-5-15(16)17)11-13-7-9-14(19-2)10-8-13/h4,6-10H,3,5,11-12H2,1-2H3. The Bertz CT molecular complexity index is 516. The average Bonchev–Trinajstić information content (AvgIpc) is 2.77. The molecule has 0 saturated heterocycles. The lowest BCUT2D eigenvalue weighted by molar-refractivity contribution is 0.273. The molecule has 0 atom stereocenters. The third-order valence-corrected chi connectivity index (χ3v) is 3.84. The van der Waals surface area contributed by atoms with E-state index < -0.39 is 0 Å². The quantitative estimate of drug-likeness (QED) is 0.827. The second-order valence-electron chi connectivity index (χ2n) is 5.16. The summed E-state index contributed by atoms with van der Waals surface area (Å²) in [5.74, 6) is 0.916. The highest BCUT2D eigenvalue weighted by Crippen LogP contribution is 2.31. The second-order valence-corrected chi connectivity index (χ2v) is 5.16. The van der Waals surface area contributed by atoms with Gasteiger partial charge in [0, 0.05) is 19.3 Å². The van der Waals surface area contributed by atoms with Gasteiger partial charge in [0.1, 0.15) is 5.75 Å². The summed E-state index contributed by atoms with van der Waals surface area (Å²) >= 11 is 0. The first-order valence-corrected chi connectivity index (χ1v) is 6.76. The van der Waals surface area contributed by atoms with Crippen LogP contribution in [0.25, 0.3) is 0 Å². The van der Waals surface area contributed by atoms with E-state index in [0.29, 0.717) is 0 Å². The smallest absolute Gasteiger partial charge is 0.118 e. The minimum Gasteiger partial charge on any atom is -0.497 e. The van der Waals surface area contributed by atoms with Gasteiger partial charge in [0.25, 0.3) is 0 Å². The Kier molecular flexibility index (Phi) is 3.20. The number of methoxy groups -OCH3 is 1. The van der Waals surface area contributed by atoms with Crippen molar-refractivity contribution in [1.82, 2.24) is 9.80 Å². The van der Waals surface area contributed by atoms with E-state index in [1.165, 1.54) is 29.8 Å². The van der Waals surface area contributed by atoms with Crippen LogP contribution in [0.1, 0.15) is 18.4 Å². The first-order valence-electron chi connectivity index (χ1n) is 6.76. The van der Waals surface area contributed by atoms with Crippen LogP contribution >= 0.6 is 0 Å². The summed E-state index contributed by atoms with van der Waals surface area (Å²) < 4.78 is 5.20. The summed E-state index contributed by atoms with van der Waals surface area (Å²) in [5.41, 5.74) is 4.20. The molecule has 1 heterocycles. The van der Waals surface area contributed by atoms with E-state index in [0.717, 1.165) is 19.0 Å². The maximum absolute atomic E-state index is 5.20. The number of allylic oxidation sites excluding steroid dienone is 3. The molecule has 0 fully saturated rings. The van der Waals surface area contributed by atoms with E-state index in [4.69, 9.17) is 4.74 Å². The fraction of sp³-hybridized carbons (Fsp3) is 0.375. The first-order chi connectivity index (χ1) is 9.28. The Balaban J connectivity index is 1.76. The van der Waals surface area contributed by atoms with Crippen molar-refractivity contribution in [2.45, 2.75) is 19.4 Å². The van der Waals surface area contributed by atoms with Crippen LogP contribution in [0.15, 0.2) is 47.8 Å². The van der Waals surface area contributed by atoms with Gasteiger partial charge >= 0.3 is 0 Å². The van der Waals surface area contributed by atoms with Crippen molar-refractivity contribution in [3.8, 4) is 5.75 Å². The van der Waals surface area contributed by atoms with E-state index in [9.17, 15) is 0 Å². The molecule has 3 nitrogen and oxygen atoms in total. The molecule has 0 bridgehead atoms. The Morgan fingerprint density at radius 3 is 2.74 bits per heavy atom. The Hall–Kier alpha value is -1.90. The summed E-state index contributed by atoms with van der Waals surface area (Å²) in [4.78, 5) is 4.80. The molecule has 0 saturated carbocycles. The van der Waals surface area contributed by atoms with Gasteiger partial charge in [-0.1, -0.05) is 18.2 Å². The molecular weight excluding hydrogens is 236 g/mol. The van der Waals surface area contributed by atoms with Crippen LogP contribution in [0.2, 0.25) is 0 Å². The third kappa shape index (κ3) is 2.33. The van der Waals surface area contributed by atoms with Gasteiger partial charge in [-0.15, -0.1) is 0 Å². The third-order valence-electron chi connectivity index (χ3n) is 3.84. The van der Waals surface area contributed by atoms with E-state index in [2.05, 4.69) is 41.1 Å². The minimum absolute atomic E-state index is 0.916. The van der Waals surface area contributed by atoms with Crippen LogP contribution in [0.4, 0.5) is 0 Å². The van der Waals surface area contributed by atoms with Crippen molar-refractivity contribution in [3.05, 3.63) is 53.4 Å². The summed E-state index contributed by atoms with van der Waals surface area (Å²) in [6.07, 6.45) is 6.88. The minimum atomic E-state index is 0.916. The normalized spacial score (nSPS) is 18.0. The van der Waals surface area contributed by atoms with Crippen LogP contribution in [0.5, 0.6) is 5.75 Å². The first kappa shape index (κ1) is 12.2. The summed E-state index contributed by atoms with van der Waals surface area (Å²) in [6, 6.07) is 8.34. The van der Waals surface area contributed by atoms with Gasteiger partial charge in [0.15, 0.2) is 0 Å². The molecule has 19 heavy (non-hydrogen) atoms. The van der Waals surface area contributed by atoms with Crippen molar-refractivity contribution in [2.75, 3.05) is 20.8 Å². The maximum Gasteiger partial charge on any atom is 0.118 e. The molecule has 0 aromatic heterocycles. The van der Waals surface area contributed by atoms with Gasteiger partial charge in [-0.05, 0) is 36.6 Å². The highest BCUT2D eigenvalue weighted by molar-refractivity contribution is 5.33. The zero-order valence-electron chi connectivity index (χ0n) is 11.6. The molecular formula is C16H20N2O. The Labute approximate surface area is 114 Å². The molecule has 3 heteroatoms. The lowest BCUT2D eigenvalue weighted by Gasteiger charge is -2.21. The molecule has 0 amide bonds. The highest BCUT2D eigenvalue weighted by Gasteiger charge is 2.25. The van der Waals surface area contributed by atoms with Crippen LogP contribution < -0.4 is 4.74 Å². The Morgan fingerprint density at radius 1 is 1.21 bits per heavy atom. The molecule has 0 N–H and O–H groups in total. The fourth-order valence-corrected chi connectivity index (χ4v) is 2.82. The largest absolute Gasteiger partial charge is 0.497 e. The predicted octanol–water partition coefficient (Wildman–Crippen LogP) is 2.96. The number of hydrogen-bond donors (Lipinski definition) is 0. The van der Waals surface area contributed by atoms with Crippen LogP contribution in [0, 0.1) is 0 Å².